The Balaban J connectivity index is 2.31. The highest BCUT2D eigenvalue weighted by molar-refractivity contribution is 6.33. The lowest BCUT2D eigenvalue weighted by molar-refractivity contribution is 0.222. The lowest BCUT2D eigenvalue weighted by Crippen LogP contribution is -2.10. The molecule has 0 amide bonds. The van der Waals surface area contributed by atoms with E-state index < -0.39 is 0 Å². The van der Waals surface area contributed by atoms with Gasteiger partial charge in [-0.25, -0.2) is 0 Å². The van der Waals surface area contributed by atoms with Crippen LogP contribution in [0, 0.1) is 6.92 Å². The summed E-state index contributed by atoms with van der Waals surface area (Å²) in [4.78, 5) is 12.1. The zero-order chi connectivity index (χ0) is 14.7. The number of rotatable bonds is 4. The van der Waals surface area contributed by atoms with E-state index in [1.54, 1.807) is 6.07 Å². The number of benzene rings is 1. The van der Waals surface area contributed by atoms with Crippen LogP contribution in [0.5, 0.6) is 6.01 Å². The van der Waals surface area contributed by atoms with E-state index in [4.69, 9.17) is 27.9 Å². The molecule has 0 fully saturated rings. The number of aryl methyl sites for hydroxylation is 1. The second-order valence-electron chi connectivity index (χ2n) is 4.43. The first-order chi connectivity index (χ1) is 9.45. The Bertz CT molecular complexity index is 599. The van der Waals surface area contributed by atoms with Crippen LogP contribution >= 0.6 is 23.2 Å². The maximum absolute atomic E-state index is 6.15. The molecule has 7 heteroatoms. The normalized spacial score (nSPS) is 10.7. The highest BCUT2D eigenvalue weighted by Gasteiger charge is 2.10. The Hall–Kier alpha value is -1.59. The number of nitrogens with zero attached hydrogens (tertiary/aromatic N) is 3. The van der Waals surface area contributed by atoms with Crippen molar-refractivity contribution >= 4 is 34.8 Å². The number of halogens is 2. The van der Waals surface area contributed by atoms with Gasteiger partial charge in [-0.05, 0) is 44.0 Å². The van der Waals surface area contributed by atoms with Gasteiger partial charge >= 0.3 is 6.01 Å². The lowest BCUT2D eigenvalue weighted by atomic mass is 10.2. The summed E-state index contributed by atoms with van der Waals surface area (Å²) in [6, 6.07) is 5.76. The average molecular weight is 313 g/mol. The van der Waals surface area contributed by atoms with Gasteiger partial charge in [0.2, 0.25) is 11.2 Å². The van der Waals surface area contributed by atoms with Crippen molar-refractivity contribution in [3.63, 3.8) is 0 Å². The topological polar surface area (TPSA) is 59.9 Å². The Labute approximate surface area is 127 Å². The molecular weight excluding hydrogens is 299 g/mol. The van der Waals surface area contributed by atoms with Gasteiger partial charge < -0.3 is 10.1 Å². The lowest BCUT2D eigenvalue weighted by Gasteiger charge is -2.12. The molecule has 0 aliphatic rings. The second-order valence-corrected chi connectivity index (χ2v) is 5.18. The molecule has 0 aliphatic heterocycles. The molecule has 2 rings (SSSR count). The summed E-state index contributed by atoms with van der Waals surface area (Å²) < 4.78 is 5.41. The van der Waals surface area contributed by atoms with Gasteiger partial charge in [0.1, 0.15) is 0 Å². The van der Waals surface area contributed by atoms with E-state index in [-0.39, 0.29) is 23.3 Å². The highest BCUT2D eigenvalue weighted by Crippen LogP contribution is 2.28. The molecule has 1 aromatic carbocycles. The number of nitrogens with one attached hydrogen (secondary N) is 1. The molecule has 1 N–H and O–H groups in total. The van der Waals surface area contributed by atoms with Crippen molar-refractivity contribution in [2.45, 2.75) is 26.9 Å². The highest BCUT2D eigenvalue weighted by atomic mass is 35.5. The molecule has 0 unspecified atom stereocenters. The number of ether oxygens (including phenoxy) is 1. The summed E-state index contributed by atoms with van der Waals surface area (Å²) in [5.74, 6) is 0.289. The van der Waals surface area contributed by atoms with Crippen molar-refractivity contribution in [1.82, 2.24) is 15.0 Å². The van der Waals surface area contributed by atoms with Crippen molar-refractivity contribution in [3.8, 4) is 6.01 Å². The zero-order valence-corrected chi connectivity index (χ0v) is 12.8. The van der Waals surface area contributed by atoms with Crippen LogP contribution in [0.4, 0.5) is 11.6 Å². The smallest absolute Gasteiger partial charge is 0.322 e. The summed E-state index contributed by atoms with van der Waals surface area (Å²) in [6.45, 7) is 5.69. The van der Waals surface area contributed by atoms with E-state index >= 15 is 0 Å². The fourth-order valence-electron chi connectivity index (χ4n) is 1.55. The van der Waals surface area contributed by atoms with Gasteiger partial charge in [-0.3, -0.25) is 0 Å². The molecule has 0 radical (unpaired) electrons. The van der Waals surface area contributed by atoms with Crippen LogP contribution in [0.2, 0.25) is 10.3 Å². The largest absolute Gasteiger partial charge is 0.461 e. The maximum atomic E-state index is 6.15. The van der Waals surface area contributed by atoms with E-state index in [2.05, 4.69) is 20.3 Å². The second kappa shape index (κ2) is 6.24. The van der Waals surface area contributed by atoms with E-state index in [0.29, 0.717) is 5.02 Å². The molecule has 106 valence electrons. The van der Waals surface area contributed by atoms with E-state index in [0.717, 1.165) is 11.3 Å². The predicted molar refractivity (Wildman–Crippen MR) is 80.1 cm³/mol. The van der Waals surface area contributed by atoms with Crippen molar-refractivity contribution in [2.24, 2.45) is 0 Å². The summed E-state index contributed by atoms with van der Waals surface area (Å²) in [5, 5.41) is 3.67. The monoisotopic (exact) mass is 312 g/mol. The summed E-state index contributed by atoms with van der Waals surface area (Å²) >= 11 is 12.0. The average Bonchev–Trinajstić information content (AvgIpc) is 2.32. The van der Waals surface area contributed by atoms with Crippen molar-refractivity contribution in [1.29, 1.82) is 0 Å². The molecule has 1 heterocycles. The van der Waals surface area contributed by atoms with Gasteiger partial charge in [-0.1, -0.05) is 23.7 Å². The Morgan fingerprint density at radius 2 is 1.90 bits per heavy atom. The molecule has 0 atom stereocenters. The minimum Gasteiger partial charge on any atom is -0.461 e. The molecule has 0 spiro atoms. The first-order valence-corrected chi connectivity index (χ1v) is 6.81. The molecule has 2 aromatic rings. The number of anilines is 2. The number of hydrogen-bond donors (Lipinski definition) is 1. The van der Waals surface area contributed by atoms with Crippen molar-refractivity contribution < 1.29 is 4.74 Å². The fourth-order valence-corrected chi connectivity index (χ4v) is 1.97. The minimum absolute atomic E-state index is 0.0524. The van der Waals surface area contributed by atoms with Gasteiger partial charge in [0, 0.05) is 0 Å². The molecule has 0 bridgehead atoms. The standard InChI is InChI=1S/C13H14Cl2N4O/c1-7(2)20-13-18-11(15)17-12(19-13)16-10-8(3)5-4-6-9(10)14/h4-7H,1-3H3,(H,16,17,18,19). The maximum Gasteiger partial charge on any atom is 0.322 e. The molecule has 0 saturated carbocycles. The number of hydrogen-bond acceptors (Lipinski definition) is 5. The third-order valence-electron chi connectivity index (χ3n) is 2.39. The van der Waals surface area contributed by atoms with Gasteiger partial charge in [-0.15, -0.1) is 0 Å². The molecular formula is C13H14Cl2N4O. The van der Waals surface area contributed by atoms with Crippen LogP contribution in [0.1, 0.15) is 19.4 Å². The molecule has 0 saturated heterocycles. The quantitative estimate of drug-likeness (QED) is 0.924. The predicted octanol–water partition coefficient (Wildman–Crippen LogP) is 4.02. The first kappa shape index (κ1) is 14.8. The number of aromatic nitrogens is 3. The molecule has 20 heavy (non-hydrogen) atoms. The summed E-state index contributed by atoms with van der Waals surface area (Å²) in [6.07, 6.45) is -0.0524. The zero-order valence-electron chi connectivity index (χ0n) is 11.3. The molecule has 0 aliphatic carbocycles. The van der Waals surface area contributed by atoms with E-state index in [1.807, 2.05) is 32.9 Å². The number of para-hydroxylation sites is 1. The Morgan fingerprint density at radius 1 is 1.15 bits per heavy atom. The first-order valence-electron chi connectivity index (χ1n) is 6.06. The van der Waals surface area contributed by atoms with Crippen LogP contribution in [-0.4, -0.2) is 21.1 Å². The van der Waals surface area contributed by atoms with Crippen LogP contribution in [0.3, 0.4) is 0 Å². The van der Waals surface area contributed by atoms with Crippen LogP contribution in [0.15, 0.2) is 18.2 Å². The fraction of sp³-hybridized carbons (Fsp3) is 0.308. The van der Waals surface area contributed by atoms with Crippen molar-refractivity contribution in [3.05, 3.63) is 34.1 Å². The molecule has 5 nitrogen and oxygen atoms in total. The van der Waals surface area contributed by atoms with Gasteiger partial charge in [-0.2, -0.15) is 15.0 Å². The van der Waals surface area contributed by atoms with Gasteiger partial charge in [0.25, 0.3) is 0 Å². The Kier molecular flexibility index (Phi) is 4.62. The third kappa shape index (κ3) is 3.71. The third-order valence-corrected chi connectivity index (χ3v) is 2.87. The van der Waals surface area contributed by atoms with Crippen LogP contribution in [-0.2, 0) is 0 Å². The summed E-state index contributed by atoms with van der Waals surface area (Å²) in [7, 11) is 0. The van der Waals surface area contributed by atoms with E-state index in [1.165, 1.54) is 0 Å². The molecule has 1 aromatic heterocycles. The van der Waals surface area contributed by atoms with Crippen molar-refractivity contribution in [2.75, 3.05) is 5.32 Å². The minimum atomic E-state index is -0.0524. The van der Waals surface area contributed by atoms with Gasteiger partial charge in [0.05, 0.1) is 16.8 Å². The van der Waals surface area contributed by atoms with Crippen LogP contribution in [0.25, 0.3) is 0 Å². The van der Waals surface area contributed by atoms with E-state index in [9.17, 15) is 0 Å². The Morgan fingerprint density at radius 3 is 2.55 bits per heavy atom. The van der Waals surface area contributed by atoms with Crippen LogP contribution < -0.4 is 10.1 Å². The summed E-state index contributed by atoms with van der Waals surface area (Å²) in [5.41, 5.74) is 1.70. The van der Waals surface area contributed by atoms with Gasteiger partial charge in [0.15, 0.2) is 0 Å². The SMILES string of the molecule is Cc1cccc(Cl)c1Nc1nc(Cl)nc(OC(C)C)n1.